The van der Waals surface area contributed by atoms with Crippen molar-refractivity contribution in [3.8, 4) is 0 Å². The van der Waals surface area contributed by atoms with Gasteiger partial charge in [-0.15, -0.1) is 0 Å². The van der Waals surface area contributed by atoms with Gasteiger partial charge in [-0.2, -0.15) is 0 Å². The number of halogens is 1. The number of aliphatic carboxylic acids is 1. The van der Waals surface area contributed by atoms with Gasteiger partial charge < -0.3 is 14.8 Å². The summed E-state index contributed by atoms with van der Waals surface area (Å²) in [5.41, 5.74) is 0.460. The van der Waals surface area contributed by atoms with E-state index in [4.69, 9.17) is 28.2 Å². The lowest BCUT2D eigenvalue weighted by atomic mass is 9.63. The number of nitrogens with one attached hydrogen (secondary N) is 2. The van der Waals surface area contributed by atoms with Crippen LogP contribution in [0.25, 0.3) is 21.9 Å². The minimum Gasteiger partial charge on any atom is -0.481 e. The summed E-state index contributed by atoms with van der Waals surface area (Å²) in [6, 6.07) is 10.2. The van der Waals surface area contributed by atoms with Crippen LogP contribution in [0.5, 0.6) is 0 Å². The molecule has 158 valence electrons. The zero-order chi connectivity index (χ0) is 21.9. The lowest BCUT2D eigenvalue weighted by Gasteiger charge is -2.43. The summed E-state index contributed by atoms with van der Waals surface area (Å²) in [7, 11) is 0. The minimum atomic E-state index is -1.30. The number of amides is 3. The molecule has 7 nitrogen and oxygen atoms in total. The number of hydrogen-bond acceptors (Lipinski definition) is 5. The van der Waals surface area contributed by atoms with Crippen LogP contribution in [0.4, 0.5) is 4.79 Å². The third kappa shape index (κ3) is 3.01. The van der Waals surface area contributed by atoms with Crippen molar-refractivity contribution in [2.45, 2.75) is 24.8 Å². The van der Waals surface area contributed by atoms with Gasteiger partial charge in [-0.25, -0.2) is 4.79 Å². The highest BCUT2D eigenvalue weighted by atomic mass is 35.5. The fourth-order valence-electron chi connectivity index (χ4n) is 4.67. The zero-order valence-corrected chi connectivity index (χ0v) is 17.7. The van der Waals surface area contributed by atoms with Crippen LogP contribution in [0.15, 0.2) is 40.8 Å². The van der Waals surface area contributed by atoms with Crippen molar-refractivity contribution < 1.29 is 23.9 Å². The average Bonchev–Trinajstić information content (AvgIpc) is 2.96. The normalized spacial score (nSPS) is 25.3. The largest absolute Gasteiger partial charge is 0.481 e. The molecule has 0 radical (unpaired) electrons. The van der Waals surface area contributed by atoms with Crippen LogP contribution in [0.3, 0.4) is 0 Å². The van der Waals surface area contributed by atoms with Crippen molar-refractivity contribution in [2.75, 3.05) is 0 Å². The molecule has 0 spiro atoms. The second-order valence-corrected chi connectivity index (χ2v) is 8.90. The van der Waals surface area contributed by atoms with E-state index in [1.807, 2.05) is 24.3 Å². The highest BCUT2D eigenvalue weighted by molar-refractivity contribution is 7.72. The molecule has 9 heteroatoms. The Morgan fingerprint density at radius 2 is 1.94 bits per heavy atom. The molecule has 3 amide bonds. The van der Waals surface area contributed by atoms with Gasteiger partial charge in [-0.05, 0) is 48.6 Å². The minimum absolute atomic E-state index is 0.0786. The molecule has 1 aliphatic heterocycles. The average molecular weight is 457 g/mol. The molecule has 2 aromatic carbocycles. The maximum Gasteiger partial charge on any atom is 0.322 e. The summed E-state index contributed by atoms with van der Waals surface area (Å²) < 4.78 is 6.57. The standard InChI is InChI=1S/C22H17ClN2O5S/c23-14-5-6-16-17(18(31)12-3-1-2-4-15(12)30-16)13(14)9-22(20(28)24-21(29)25-22)11-7-10(8-11)19(26)27/h1-6,10-11H,7-9H2,(H,26,27)(H2,24,25,28,29). The molecular formula is C22H17ClN2O5S. The number of benzene rings is 2. The number of imide groups is 1. The van der Waals surface area contributed by atoms with Crippen molar-refractivity contribution in [1.29, 1.82) is 0 Å². The summed E-state index contributed by atoms with van der Waals surface area (Å²) in [6.07, 6.45) is 0.661. The van der Waals surface area contributed by atoms with E-state index in [1.54, 1.807) is 12.1 Å². The smallest absolute Gasteiger partial charge is 0.322 e. The highest BCUT2D eigenvalue weighted by Gasteiger charge is 2.57. The first-order chi connectivity index (χ1) is 14.8. The molecule has 2 fully saturated rings. The van der Waals surface area contributed by atoms with E-state index >= 15 is 0 Å². The maximum absolute atomic E-state index is 12.9. The number of rotatable bonds is 4. The van der Waals surface area contributed by atoms with Gasteiger partial charge in [0.25, 0.3) is 5.91 Å². The number of carboxylic acid groups (broad SMARTS) is 1. The molecule has 3 N–H and O–H groups in total. The number of para-hydroxylation sites is 1. The Balaban J connectivity index is 1.67. The molecule has 3 aromatic rings. The Labute approximate surface area is 186 Å². The van der Waals surface area contributed by atoms with Crippen molar-refractivity contribution in [2.24, 2.45) is 11.8 Å². The van der Waals surface area contributed by atoms with Gasteiger partial charge in [-0.1, -0.05) is 36.0 Å². The summed E-state index contributed by atoms with van der Waals surface area (Å²) in [6.45, 7) is 0. The number of carbonyl (C=O) groups is 3. The van der Waals surface area contributed by atoms with Crippen LogP contribution in [0, 0.1) is 16.3 Å². The SMILES string of the molecule is O=C1NC(=O)C(Cc2c(Cl)ccc3oc4ccccc4c(=S)c23)(C2CC(C(=O)O)C2)N1. The molecule has 1 saturated carbocycles. The van der Waals surface area contributed by atoms with Gasteiger partial charge >= 0.3 is 12.0 Å². The van der Waals surface area contributed by atoms with Gasteiger partial charge in [0.15, 0.2) is 0 Å². The lowest BCUT2D eigenvalue weighted by Crippen LogP contribution is -2.59. The molecule has 5 rings (SSSR count). The number of carbonyl (C=O) groups excluding carboxylic acids is 2. The van der Waals surface area contributed by atoms with Gasteiger partial charge in [-0.3, -0.25) is 14.9 Å². The van der Waals surface area contributed by atoms with Crippen LogP contribution < -0.4 is 10.6 Å². The van der Waals surface area contributed by atoms with E-state index in [9.17, 15) is 19.5 Å². The van der Waals surface area contributed by atoms with E-state index in [-0.39, 0.29) is 12.3 Å². The number of carboxylic acids is 1. The molecule has 1 aromatic heterocycles. The molecule has 1 saturated heterocycles. The predicted octanol–water partition coefficient (Wildman–Crippen LogP) is 4.20. The number of fused-ring (bicyclic) bond motifs is 2. The molecule has 31 heavy (non-hydrogen) atoms. The van der Waals surface area contributed by atoms with Gasteiger partial charge in [0.1, 0.15) is 16.7 Å². The van der Waals surface area contributed by atoms with Crippen molar-refractivity contribution in [3.05, 3.63) is 51.5 Å². The fourth-order valence-corrected chi connectivity index (χ4v) is 5.28. The van der Waals surface area contributed by atoms with Crippen LogP contribution in [-0.4, -0.2) is 28.6 Å². The fraction of sp³-hybridized carbons (Fsp3) is 0.273. The molecule has 0 bridgehead atoms. The Hall–Kier alpha value is -2.97. The van der Waals surface area contributed by atoms with Crippen molar-refractivity contribution >= 4 is 63.7 Å². The first kappa shape index (κ1) is 20.0. The summed E-state index contributed by atoms with van der Waals surface area (Å²) in [5.74, 6) is -2.26. The van der Waals surface area contributed by atoms with Gasteiger partial charge in [0, 0.05) is 22.2 Å². The third-order valence-corrected chi connectivity index (χ3v) is 7.18. The van der Waals surface area contributed by atoms with Gasteiger partial charge in [0.05, 0.1) is 10.4 Å². The number of urea groups is 1. The molecule has 2 aliphatic rings. The predicted molar refractivity (Wildman–Crippen MR) is 117 cm³/mol. The van der Waals surface area contributed by atoms with Crippen LogP contribution >= 0.6 is 23.8 Å². The topological polar surface area (TPSA) is 109 Å². The first-order valence-corrected chi connectivity index (χ1v) is 10.6. The van der Waals surface area contributed by atoms with E-state index in [0.717, 1.165) is 5.39 Å². The Bertz CT molecular complexity index is 1350. The molecule has 1 aliphatic carbocycles. The monoisotopic (exact) mass is 456 g/mol. The van der Waals surface area contributed by atoms with E-state index in [1.165, 1.54) is 0 Å². The molecule has 1 unspecified atom stereocenters. The maximum atomic E-state index is 12.9. The highest BCUT2D eigenvalue weighted by Crippen LogP contribution is 2.45. The molecule has 1 atom stereocenters. The Morgan fingerprint density at radius 3 is 2.61 bits per heavy atom. The van der Waals surface area contributed by atoms with Gasteiger partial charge in [0.2, 0.25) is 0 Å². The summed E-state index contributed by atoms with van der Waals surface area (Å²) in [5, 5.41) is 16.1. The number of hydrogen-bond donors (Lipinski definition) is 3. The Morgan fingerprint density at radius 1 is 1.19 bits per heavy atom. The summed E-state index contributed by atoms with van der Waals surface area (Å²) in [4.78, 5) is 36.3. The van der Waals surface area contributed by atoms with Crippen molar-refractivity contribution in [3.63, 3.8) is 0 Å². The molecular weight excluding hydrogens is 440 g/mol. The van der Waals surface area contributed by atoms with Crippen molar-refractivity contribution in [1.82, 2.24) is 10.6 Å². The van der Waals surface area contributed by atoms with Crippen LogP contribution in [0.2, 0.25) is 5.02 Å². The lowest BCUT2D eigenvalue weighted by molar-refractivity contribution is -0.149. The second kappa shape index (κ2) is 7.03. The first-order valence-electron chi connectivity index (χ1n) is 9.79. The van der Waals surface area contributed by atoms with E-state index in [0.29, 0.717) is 44.5 Å². The van der Waals surface area contributed by atoms with Crippen LogP contribution in [0.1, 0.15) is 18.4 Å². The quantitative estimate of drug-likeness (QED) is 0.308. The van der Waals surface area contributed by atoms with E-state index in [2.05, 4.69) is 10.6 Å². The second-order valence-electron chi connectivity index (χ2n) is 8.09. The summed E-state index contributed by atoms with van der Waals surface area (Å²) >= 11 is 12.3. The third-order valence-electron chi connectivity index (χ3n) is 6.40. The Kier molecular flexibility index (Phi) is 4.53. The van der Waals surface area contributed by atoms with E-state index < -0.39 is 29.4 Å². The molecule has 2 heterocycles. The van der Waals surface area contributed by atoms with Crippen LogP contribution in [-0.2, 0) is 16.0 Å². The zero-order valence-electron chi connectivity index (χ0n) is 16.1.